The highest BCUT2D eigenvalue weighted by molar-refractivity contribution is 5.21. The quantitative estimate of drug-likeness (QED) is 0.411. The van der Waals surface area contributed by atoms with Crippen LogP contribution in [0.15, 0.2) is 12.4 Å². The molecule has 0 atom stereocenters. The monoisotopic (exact) mass is 156 g/mol. The Morgan fingerprint density at radius 1 is 1.45 bits per heavy atom. The maximum absolute atomic E-state index is 8.57. The zero-order valence-corrected chi connectivity index (χ0v) is 5.28. The van der Waals surface area contributed by atoms with E-state index in [2.05, 4.69) is 15.4 Å². The summed E-state index contributed by atoms with van der Waals surface area (Å²) in [4.78, 5) is 7.52. The molecule has 0 saturated carbocycles. The van der Waals surface area contributed by atoms with Gasteiger partial charge in [-0.3, -0.25) is 5.43 Å². The van der Waals surface area contributed by atoms with Crippen LogP contribution in [0.3, 0.4) is 0 Å². The van der Waals surface area contributed by atoms with Crippen LogP contribution in [0.2, 0.25) is 0 Å². The van der Waals surface area contributed by atoms with Crippen LogP contribution in [0.5, 0.6) is 0 Å². The first-order chi connectivity index (χ1) is 4.86. The van der Waals surface area contributed by atoms with Crippen LogP contribution in [0.1, 0.15) is 13.0 Å². The van der Waals surface area contributed by atoms with E-state index in [-0.39, 0.29) is 14.0 Å². The van der Waals surface area contributed by atoms with E-state index in [0.29, 0.717) is 11.5 Å². The van der Waals surface area contributed by atoms with Crippen molar-refractivity contribution in [2.45, 2.75) is 14.0 Å². The van der Waals surface area contributed by atoms with Gasteiger partial charge in [0, 0.05) is 18.0 Å². The number of hydrogen-bond acceptors (Lipinski definition) is 5. The highest BCUT2D eigenvalue weighted by Gasteiger charge is 1.91. The summed E-state index contributed by atoms with van der Waals surface area (Å²) in [6, 6.07) is 0. The van der Waals surface area contributed by atoms with E-state index in [1.54, 1.807) is 0 Å². The van der Waals surface area contributed by atoms with Crippen molar-refractivity contribution in [3.8, 4) is 0 Å². The largest absolute Gasteiger partial charge is 0.392 e. The van der Waals surface area contributed by atoms with Gasteiger partial charge in [0.1, 0.15) is 0 Å². The predicted octanol–water partition coefficient (Wildman–Crippen LogP) is -0.109. The average Bonchev–Trinajstić information content (AvgIpc) is 2.05. The lowest BCUT2D eigenvalue weighted by Gasteiger charge is -1.96. The maximum Gasteiger partial charge on any atom is 0.237 e. The molecule has 4 N–H and O–H groups in total. The predicted molar refractivity (Wildman–Crippen MR) is 42.5 cm³/mol. The molecule has 1 aromatic rings. The van der Waals surface area contributed by atoms with Crippen LogP contribution in [0.25, 0.3) is 0 Å². The van der Waals surface area contributed by atoms with Gasteiger partial charge in [-0.1, -0.05) is 7.43 Å². The Bertz CT molecular complexity index is 175. The second kappa shape index (κ2) is 4.59. The van der Waals surface area contributed by atoms with E-state index >= 15 is 0 Å². The van der Waals surface area contributed by atoms with Crippen molar-refractivity contribution in [2.24, 2.45) is 5.84 Å². The van der Waals surface area contributed by atoms with E-state index in [9.17, 15) is 0 Å². The highest BCUT2D eigenvalue weighted by Crippen LogP contribution is 1.96. The number of nitrogen functional groups attached to an aromatic ring is 1. The zero-order chi connectivity index (χ0) is 7.40. The van der Waals surface area contributed by atoms with Crippen molar-refractivity contribution < 1.29 is 5.11 Å². The molecule has 1 heterocycles. The Hall–Kier alpha value is -1.20. The molecule has 5 heteroatoms. The topological polar surface area (TPSA) is 84.1 Å². The summed E-state index contributed by atoms with van der Waals surface area (Å²) in [6.07, 6.45) is 3.00. The zero-order valence-electron chi connectivity index (χ0n) is 5.28. The number of aromatic nitrogens is 2. The van der Waals surface area contributed by atoms with E-state index in [1.165, 1.54) is 12.4 Å². The molecule has 0 aliphatic carbocycles. The lowest BCUT2D eigenvalue weighted by Crippen LogP contribution is -2.10. The summed E-state index contributed by atoms with van der Waals surface area (Å²) in [5, 5.41) is 8.57. The number of anilines is 1. The molecule has 0 fully saturated rings. The third kappa shape index (κ3) is 2.48. The minimum Gasteiger partial charge on any atom is -0.392 e. The van der Waals surface area contributed by atoms with Gasteiger partial charge in [0.25, 0.3) is 0 Å². The van der Waals surface area contributed by atoms with Crippen molar-refractivity contribution in [3.05, 3.63) is 18.0 Å². The van der Waals surface area contributed by atoms with Gasteiger partial charge in [-0.25, -0.2) is 15.8 Å². The molecule has 0 aromatic carbocycles. The molecule has 0 amide bonds. The molecule has 1 aromatic heterocycles. The normalized spacial score (nSPS) is 8.55. The van der Waals surface area contributed by atoms with Crippen molar-refractivity contribution in [2.75, 3.05) is 5.43 Å². The molecule has 0 spiro atoms. The summed E-state index contributed by atoms with van der Waals surface area (Å²) in [5.74, 6) is 5.35. The molecule has 0 saturated heterocycles. The smallest absolute Gasteiger partial charge is 0.237 e. The standard InChI is InChI=1S/C5H8N4O.CH4/c6-9-5-7-1-4(3-10)2-8-5;/h1-2,10H,3,6H2,(H,7,8,9);1H4. The number of hydrazine groups is 1. The molecule has 11 heavy (non-hydrogen) atoms. The lowest BCUT2D eigenvalue weighted by atomic mass is 10.4. The van der Waals surface area contributed by atoms with Crippen LogP contribution < -0.4 is 11.3 Å². The molecule has 1 rings (SSSR count). The molecule has 0 radical (unpaired) electrons. The molecular weight excluding hydrogens is 144 g/mol. The van der Waals surface area contributed by atoms with Crippen LogP contribution in [0.4, 0.5) is 5.95 Å². The Kier molecular flexibility index (Phi) is 4.09. The number of nitrogens with two attached hydrogens (primary N) is 1. The number of hydrogen-bond donors (Lipinski definition) is 3. The van der Waals surface area contributed by atoms with Crippen LogP contribution in [-0.4, -0.2) is 15.1 Å². The van der Waals surface area contributed by atoms with E-state index in [1.807, 2.05) is 0 Å². The lowest BCUT2D eigenvalue weighted by molar-refractivity contribution is 0.281. The molecule has 5 nitrogen and oxygen atoms in total. The molecule has 0 bridgehead atoms. The average molecular weight is 156 g/mol. The first kappa shape index (κ1) is 9.80. The fourth-order valence-electron chi connectivity index (χ4n) is 0.511. The fourth-order valence-corrected chi connectivity index (χ4v) is 0.511. The first-order valence-corrected chi connectivity index (χ1v) is 2.75. The summed E-state index contributed by atoms with van der Waals surface area (Å²) in [6.45, 7) is -0.0507. The van der Waals surface area contributed by atoms with Crippen molar-refractivity contribution in [1.29, 1.82) is 0 Å². The Morgan fingerprint density at radius 3 is 2.36 bits per heavy atom. The highest BCUT2D eigenvalue weighted by atomic mass is 16.3. The molecular formula is C6H12N4O. The third-order valence-electron chi connectivity index (χ3n) is 1.02. The SMILES string of the molecule is C.NNc1ncc(CO)cn1. The van der Waals surface area contributed by atoms with E-state index in [0.717, 1.165) is 0 Å². The van der Waals surface area contributed by atoms with Gasteiger partial charge in [-0.15, -0.1) is 0 Å². The van der Waals surface area contributed by atoms with Gasteiger partial charge in [-0.2, -0.15) is 0 Å². The van der Waals surface area contributed by atoms with Crippen molar-refractivity contribution >= 4 is 5.95 Å². The summed E-state index contributed by atoms with van der Waals surface area (Å²) >= 11 is 0. The van der Waals surface area contributed by atoms with Crippen LogP contribution in [-0.2, 0) is 6.61 Å². The van der Waals surface area contributed by atoms with Crippen LogP contribution >= 0.6 is 0 Å². The summed E-state index contributed by atoms with van der Waals surface area (Å²) in [5.41, 5.74) is 2.94. The van der Waals surface area contributed by atoms with Gasteiger partial charge in [0.15, 0.2) is 0 Å². The van der Waals surface area contributed by atoms with Gasteiger partial charge >= 0.3 is 0 Å². The van der Waals surface area contributed by atoms with E-state index in [4.69, 9.17) is 10.9 Å². The van der Waals surface area contributed by atoms with Gasteiger partial charge in [0.2, 0.25) is 5.95 Å². The second-order valence-electron chi connectivity index (χ2n) is 1.72. The second-order valence-corrected chi connectivity index (χ2v) is 1.72. The van der Waals surface area contributed by atoms with Gasteiger partial charge in [0.05, 0.1) is 6.61 Å². The van der Waals surface area contributed by atoms with E-state index < -0.39 is 0 Å². The molecule has 0 aliphatic rings. The maximum atomic E-state index is 8.57. The van der Waals surface area contributed by atoms with Gasteiger partial charge < -0.3 is 5.11 Å². The molecule has 62 valence electrons. The number of rotatable bonds is 2. The number of nitrogens with one attached hydrogen (secondary N) is 1. The fraction of sp³-hybridized carbons (Fsp3) is 0.333. The Labute approximate surface area is 65.3 Å². The number of nitrogens with zero attached hydrogens (tertiary/aromatic N) is 2. The summed E-state index contributed by atoms with van der Waals surface area (Å²) < 4.78 is 0. The van der Waals surface area contributed by atoms with Crippen LogP contribution in [0, 0.1) is 0 Å². The van der Waals surface area contributed by atoms with Crippen molar-refractivity contribution in [3.63, 3.8) is 0 Å². The molecule has 0 aliphatic heterocycles. The Morgan fingerprint density at radius 2 is 2.00 bits per heavy atom. The minimum absolute atomic E-state index is 0. The molecule has 0 unspecified atom stereocenters. The summed E-state index contributed by atoms with van der Waals surface area (Å²) in [7, 11) is 0. The number of aliphatic hydroxyl groups excluding tert-OH is 1. The van der Waals surface area contributed by atoms with Gasteiger partial charge in [-0.05, 0) is 0 Å². The third-order valence-corrected chi connectivity index (χ3v) is 1.02. The van der Waals surface area contributed by atoms with Crippen molar-refractivity contribution in [1.82, 2.24) is 9.97 Å². The first-order valence-electron chi connectivity index (χ1n) is 2.75. The Balaban J connectivity index is 0.000001000. The minimum atomic E-state index is -0.0507. The number of aliphatic hydroxyl groups is 1.